The lowest BCUT2D eigenvalue weighted by molar-refractivity contribution is 0.0952. The van der Waals surface area contributed by atoms with Crippen molar-refractivity contribution in [1.82, 2.24) is 5.43 Å². The fourth-order valence-electron chi connectivity index (χ4n) is 1.59. The lowest BCUT2D eigenvalue weighted by Crippen LogP contribution is -2.19. The molecule has 4 nitrogen and oxygen atoms in total. The van der Waals surface area contributed by atoms with Gasteiger partial charge in [-0.3, -0.25) is 4.79 Å². The Morgan fingerprint density at radius 2 is 2.20 bits per heavy atom. The molecular weight excluding hydrogens is 296 g/mol. The molecule has 0 saturated heterocycles. The largest absolute Gasteiger partial charge is 0.496 e. The first-order chi connectivity index (χ1) is 9.61. The molecular formula is C14H13ClN2O2S. The summed E-state index contributed by atoms with van der Waals surface area (Å²) in [5, 5.41) is 6.50. The number of hydrogen-bond donors (Lipinski definition) is 1. The molecule has 0 saturated carbocycles. The van der Waals surface area contributed by atoms with E-state index >= 15 is 0 Å². The summed E-state index contributed by atoms with van der Waals surface area (Å²) in [5.74, 6) is 0.0936. The van der Waals surface area contributed by atoms with Gasteiger partial charge in [-0.1, -0.05) is 17.7 Å². The maximum absolute atomic E-state index is 12.1. The number of benzene rings is 1. The number of thiophene rings is 1. The Balaban J connectivity index is 2.16. The van der Waals surface area contributed by atoms with Crippen molar-refractivity contribution in [2.24, 2.45) is 5.10 Å². The molecule has 0 aliphatic rings. The predicted molar refractivity (Wildman–Crippen MR) is 82.0 cm³/mol. The number of hydrazone groups is 1. The zero-order valence-corrected chi connectivity index (χ0v) is 12.6. The molecule has 0 bridgehead atoms. The van der Waals surface area contributed by atoms with Gasteiger partial charge in [0, 0.05) is 9.90 Å². The number of amides is 1. The standard InChI is InChI=1S/C14H13ClN2O2S/c1-9(13-4-3-7-20-13)16-17-14(18)11-8-10(15)5-6-12(11)19-2/h3-8H,1-2H3,(H,17,18)/b16-9+. The Morgan fingerprint density at radius 3 is 2.85 bits per heavy atom. The molecule has 0 aliphatic carbocycles. The van der Waals surface area contributed by atoms with Crippen LogP contribution in [0, 0.1) is 0 Å². The van der Waals surface area contributed by atoms with Crippen LogP contribution in [-0.2, 0) is 0 Å². The number of halogens is 1. The van der Waals surface area contributed by atoms with Crippen LogP contribution >= 0.6 is 22.9 Å². The maximum atomic E-state index is 12.1. The van der Waals surface area contributed by atoms with E-state index in [2.05, 4.69) is 10.5 Å². The fourth-order valence-corrected chi connectivity index (χ4v) is 2.44. The second-order valence-corrected chi connectivity index (χ2v) is 5.34. The Morgan fingerprint density at radius 1 is 1.40 bits per heavy atom. The summed E-state index contributed by atoms with van der Waals surface area (Å²) in [6.45, 7) is 1.83. The van der Waals surface area contributed by atoms with Crippen molar-refractivity contribution in [2.45, 2.75) is 6.92 Å². The molecule has 0 aliphatic heterocycles. The maximum Gasteiger partial charge on any atom is 0.275 e. The summed E-state index contributed by atoms with van der Waals surface area (Å²) in [5.41, 5.74) is 3.60. The zero-order chi connectivity index (χ0) is 14.5. The summed E-state index contributed by atoms with van der Waals surface area (Å²) >= 11 is 7.45. The van der Waals surface area contributed by atoms with Gasteiger partial charge in [-0.05, 0) is 36.6 Å². The highest BCUT2D eigenvalue weighted by molar-refractivity contribution is 7.12. The molecule has 0 spiro atoms. The van der Waals surface area contributed by atoms with Crippen molar-refractivity contribution in [2.75, 3.05) is 7.11 Å². The van der Waals surface area contributed by atoms with Gasteiger partial charge in [-0.2, -0.15) is 5.10 Å². The number of nitrogens with zero attached hydrogens (tertiary/aromatic N) is 1. The number of ether oxygens (including phenoxy) is 1. The first-order valence-electron chi connectivity index (χ1n) is 5.84. The van der Waals surface area contributed by atoms with E-state index < -0.39 is 0 Å². The molecule has 1 N–H and O–H groups in total. The summed E-state index contributed by atoms with van der Waals surface area (Å²) in [6, 6.07) is 8.73. The molecule has 1 aromatic heterocycles. The van der Waals surface area contributed by atoms with E-state index in [0.717, 1.165) is 10.6 Å². The van der Waals surface area contributed by atoms with Crippen molar-refractivity contribution in [3.05, 3.63) is 51.2 Å². The average Bonchev–Trinajstić information content (AvgIpc) is 2.98. The van der Waals surface area contributed by atoms with Gasteiger partial charge in [-0.25, -0.2) is 5.43 Å². The minimum atomic E-state index is -0.361. The van der Waals surface area contributed by atoms with Crippen LogP contribution < -0.4 is 10.2 Å². The van der Waals surface area contributed by atoms with E-state index in [1.807, 2.05) is 24.4 Å². The monoisotopic (exact) mass is 308 g/mol. The van der Waals surface area contributed by atoms with Gasteiger partial charge in [0.15, 0.2) is 0 Å². The molecule has 0 unspecified atom stereocenters. The minimum absolute atomic E-state index is 0.350. The molecule has 20 heavy (non-hydrogen) atoms. The third-order valence-electron chi connectivity index (χ3n) is 2.61. The van der Waals surface area contributed by atoms with E-state index in [4.69, 9.17) is 16.3 Å². The van der Waals surface area contributed by atoms with Gasteiger partial charge in [0.2, 0.25) is 0 Å². The third-order valence-corrected chi connectivity index (χ3v) is 3.82. The summed E-state index contributed by atoms with van der Waals surface area (Å²) in [7, 11) is 1.50. The molecule has 2 rings (SSSR count). The summed E-state index contributed by atoms with van der Waals surface area (Å²) < 4.78 is 5.13. The predicted octanol–water partition coefficient (Wildman–Crippen LogP) is 3.56. The Labute approximate surface area is 126 Å². The number of hydrogen-bond acceptors (Lipinski definition) is 4. The second kappa shape index (κ2) is 6.54. The normalized spacial score (nSPS) is 11.2. The Bertz CT molecular complexity index is 639. The summed E-state index contributed by atoms with van der Waals surface area (Å²) in [6.07, 6.45) is 0. The molecule has 1 heterocycles. The molecule has 6 heteroatoms. The number of carbonyl (C=O) groups excluding carboxylic acids is 1. The van der Waals surface area contributed by atoms with E-state index in [0.29, 0.717) is 16.3 Å². The molecule has 0 atom stereocenters. The first kappa shape index (κ1) is 14.6. The fraction of sp³-hybridized carbons (Fsp3) is 0.143. The minimum Gasteiger partial charge on any atom is -0.496 e. The van der Waals surface area contributed by atoms with Crippen molar-refractivity contribution in [3.8, 4) is 5.75 Å². The van der Waals surface area contributed by atoms with Crippen molar-refractivity contribution in [1.29, 1.82) is 0 Å². The van der Waals surface area contributed by atoms with Crippen molar-refractivity contribution < 1.29 is 9.53 Å². The molecule has 1 amide bonds. The van der Waals surface area contributed by atoms with E-state index in [9.17, 15) is 4.79 Å². The lowest BCUT2D eigenvalue weighted by atomic mass is 10.2. The van der Waals surface area contributed by atoms with Crippen molar-refractivity contribution in [3.63, 3.8) is 0 Å². The number of methoxy groups -OCH3 is 1. The highest BCUT2D eigenvalue weighted by Crippen LogP contribution is 2.22. The second-order valence-electron chi connectivity index (χ2n) is 3.96. The molecule has 1 aromatic carbocycles. The zero-order valence-electron chi connectivity index (χ0n) is 11.0. The van der Waals surface area contributed by atoms with Crippen LogP contribution in [0.4, 0.5) is 0 Å². The van der Waals surface area contributed by atoms with Gasteiger partial charge in [0.25, 0.3) is 5.91 Å². The van der Waals surface area contributed by atoms with Crippen molar-refractivity contribution >= 4 is 34.6 Å². The van der Waals surface area contributed by atoms with E-state index in [1.165, 1.54) is 7.11 Å². The molecule has 0 radical (unpaired) electrons. The number of nitrogens with one attached hydrogen (secondary N) is 1. The first-order valence-corrected chi connectivity index (χ1v) is 7.09. The van der Waals surface area contributed by atoms with Crippen LogP contribution in [0.1, 0.15) is 22.2 Å². The lowest BCUT2D eigenvalue weighted by Gasteiger charge is -2.07. The number of rotatable bonds is 4. The number of carbonyl (C=O) groups is 1. The van der Waals surface area contributed by atoms with E-state index in [-0.39, 0.29) is 5.91 Å². The molecule has 0 fully saturated rings. The average molecular weight is 309 g/mol. The van der Waals surface area contributed by atoms with Crippen LogP contribution in [0.2, 0.25) is 5.02 Å². The Hall–Kier alpha value is -1.85. The topological polar surface area (TPSA) is 50.7 Å². The van der Waals surface area contributed by atoms with Crippen LogP contribution in [0.3, 0.4) is 0 Å². The van der Waals surface area contributed by atoms with Gasteiger partial charge in [0.1, 0.15) is 5.75 Å². The van der Waals surface area contributed by atoms with Crippen LogP contribution in [-0.4, -0.2) is 18.7 Å². The van der Waals surface area contributed by atoms with Gasteiger partial charge >= 0.3 is 0 Å². The van der Waals surface area contributed by atoms with Gasteiger partial charge in [0.05, 0.1) is 18.4 Å². The quantitative estimate of drug-likeness (QED) is 0.693. The molecule has 2 aromatic rings. The summed E-state index contributed by atoms with van der Waals surface area (Å²) in [4.78, 5) is 13.1. The van der Waals surface area contributed by atoms with Gasteiger partial charge < -0.3 is 4.74 Å². The van der Waals surface area contributed by atoms with Crippen LogP contribution in [0.25, 0.3) is 0 Å². The van der Waals surface area contributed by atoms with E-state index in [1.54, 1.807) is 29.5 Å². The third kappa shape index (κ3) is 3.37. The van der Waals surface area contributed by atoms with Crippen LogP contribution in [0.5, 0.6) is 5.75 Å². The van der Waals surface area contributed by atoms with Gasteiger partial charge in [-0.15, -0.1) is 11.3 Å². The highest BCUT2D eigenvalue weighted by atomic mass is 35.5. The Kier molecular flexibility index (Phi) is 4.76. The SMILES string of the molecule is COc1ccc(Cl)cc1C(=O)N/N=C(\C)c1cccs1. The van der Waals surface area contributed by atoms with Crippen LogP contribution in [0.15, 0.2) is 40.8 Å². The smallest absolute Gasteiger partial charge is 0.275 e. The highest BCUT2D eigenvalue weighted by Gasteiger charge is 2.12. The molecule has 104 valence electrons.